The highest BCUT2D eigenvalue weighted by Crippen LogP contribution is 2.77. The molecule has 2 heteroatoms. The molecule has 0 radical (unpaired) electrons. The molecule has 0 amide bonds. The van der Waals surface area contributed by atoms with Crippen LogP contribution in [-0.2, 0) is 0 Å². The lowest BCUT2D eigenvalue weighted by atomic mass is 9.31. The zero-order valence-electron chi connectivity index (χ0n) is 21.2. The molecule has 5 aliphatic carbocycles. The third-order valence-corrected chi connectivity index (χ3v) is 12.9. The first-order valence-electron chi connectivity index (χ1n) is 13.4. The third kappa shape index (κ3) is 2.82. The fourth-order valence-corrected chi connectivity index (χ4v) is 10.4. The van der Waals surface area contributed by atoms with Crippen LogP contribution in [0.25, 0.3) is 0 Å². The highest BCUT2D eigenvalue weighted by atomic mass is 16.3. The molecule has 0 aromatic carbocycles. The maximum atomic E-state index is 10.5. The van der Waals surface area contributed by atoms with E-state index in [1.54, 1.807) is 5.57 Å². The Balaban J connectivity index is 1.54. The molecule has 2 nitrogen and oxygen atoms in total. The van der Waals surface area contributed by atoms with E-state index in [2.05, 4.69) is 41.5 Å². The Labute approximate surface area is 191 Å². The van der Waals surface area contributed by atoms with Crippen LogP contribution in [0.15, 0.2) is 11.1 Å². The number of aliphatic hydroxyl groups is 2. The number of allylic oxidation sites excluding steroid dienone is 1. The van der Waals surface area contributed by atoms with Gasteiger partial charge in [-0.1, -0.05) is 40.2 Å². The molecule has 0 heterocycles. The normalized spacial score (nSPS) is 56.9. The summed E-state index contributed by atoms with van der Waals surface area (Å²) in [6, 6.07) is 0. The zero-order valence-corrected chi connectivity index (χ0v) is 21.2. The van der Waals surface area contributed by atoms with Crippen LogP contribution in [-0.4, -0.2) is 22.9 Å². The van der Waals surface area contributed by atoms with Crippen LogP contribution in [0.5, 0.6) is 0 Å². The number of hydrogen-bond donors (Lipinski definition) is 2. The Morgan fingerprint density at radius 1 is 0.806 bits per heavy atom. The number of aliphatic hydroxyl groups excluding tert-OH is 2. The average Bonchev–Trinajstić information content (AvgIpc) is 2.74. The molecule has 4 saturated carbocycles. The van der Waals surface area contributed by atoms with Gasteiger partial charge in [-0.2, -0.15) is 0 Å². The van der Waals surface area contributed by atoms with Crippen molar-refractivity contribution in [3.05, 3.63) is 11.1 Å². The molecule has 0 aromatic rings. The van der Waals surface area contributed by atoms with E-state index in [9.17, 15) is 10.2 Å². The standard InChI is InChI=1S/C29H48O2/c1-19-20-7-10-23-27(4,21(20)8-9-22(19)31)14-16-29(6)24-17-25(2,18-30)11-12-26(24,3)13-15-28(23,29)5/h21-24,30-31H,7-18H2,1-6H3/t21?,22-,23?,24?,25+,26+,27-,28+,29-/m0/s1. The van der Waals surface area contributed by atoms with Crippen molar-refractivity contribution in [1.29, 1.82) is 0 Å². The smallest absolute Gasteiger partial charge is 0.0750 e. The van der Waals surface area contributed by atoms with E-state index < -0.39 is 0 Å². The topological polar surface area (TPSA) is 40.5 Å². The minimum atomic E-state index is -0.190. The Hall–Kier alpha value is -0.340. The molecule has 0 saturated heterocycles. The van der Waals surface area contributed by atoms with E-state index in [1.165, 1.54) is 69.8 Å². The maximum Gasteiger partial charge on any atom is 0.0750 e. The summed E-state index contributed by atoms with van der Waals surface area (Å²) in [5, 5.41) is 20.8. The molecule has 0 bridgehead atoms. The summed E-state index contributed by atoms with van der Waals surface area (Å²) in [6.45, 7) is 15.5. The maximum absolute atomic E-state index is 10.5. The van der Waals surface area contributed by atoms with Crippen molar-refractivity contribution in [2.75, 3.05) is 6.61 Å². The number of hydrogen-bond acceptors (Lipinski definition) is 2. The second-order valence-corrected chi connectivity index (χ2v) is 14.2. The lowest BCUT2D eigenvalue weighted by Gasteiger charge is -2.73. The predicted molar refractivity (Wildman–Crippen MR) is 128 cm³/mol. The van der Waals surface area contributed by atoms with Gasteiger partial charge in [-0.25, -0.2) is 0 Å². The fourth-order valence-electron chi connectivity index (χ4n) is 10.4. The molecule has 0 spiro atoms. The van der Waals surface area contributed by atoms with Crippen LogP contribution in [0.2, 0.25) is 0 Å². The van der Waals surface area contributed by atoms with Crippen molar-refractivity contribution in [2.24, 2.45) is 44.8 Å². The van der Waals surface area contributed by atoms with Crippen LogP contribution in [0.3, 0.4) is 0 Å². The second-order valence-electron chi connectivity index (χ2n) is 14.2. The minimum absolute atomic E-state index is 0.116. The molecule has 5 aliphatic rings. The summed E-state index contributed by atoms with van der Waals surface area (Å²) in [4.78, 5) is 0. The van der Waals surface area contributed by atoms with Gasteiger partial charge in [0.15, 0.2) is 0 Å². The van der Waals surface area contributed by atoms with Crippen molar-refractivity contribution in [1.82, 2.24) is 0 Å². The van der Waals surface area contributed by atoms with Crippen LogP contribution in [0.1, 0.15) is 112 Å². The molecule has 4 fully saturated rings. The fraction of sp³-hybridized carbons (Fsp3) is 0.931. The van der Waals surface area contributed by atoms with Crippen LogP contribution >= 0.6 is 0 Å². The van der Waals surface area contributed by atoms with Gasteiger partial charge in [-0.3, -0.25) is 0 Å². The Bertz CT molecular complexity index is 786. The van der Waals surface area contributed by atoms with Gasteiger partial charge < -0.3 is 10.2 Å². The van der Waals surface area contributed by atoms with Crippen LogP contribution < -0.4 is 0 Å². The molecule has 0 aromatic heterocycles. The molecule has 3 unspecified atom stereocenters. The van der Waals surface area contributed by atoms with Crippen molar-refractivity contribution in [3.8, 4) is 0 Å². The lowest BCUT2D eigenvalue weighted by molar-refractivity contribution is -0.235. The van der Waals surface area contributed by atoms with Gasteiger partial charge >= 0.3 is 0 Å². The van der Waals surface area contributed by atoms with Gasteiger partial charge in [0.05, 0.1) is 6.10 Å². The monoisotopic (exact) mass is 428 g/mol. The van der Waals surface area contributed by atoms with Crippen molar-refractivity contribution in [2.45, 2.75) is 118 Å². The lowest BCUT2D eigenvalue weighted by Crippen LogP contribution is -2.65. The first-order chi connectivity index (χ1) is 14.4. The van der Waals surface area contributed by atoms with Gasteiger partial charge in [0.25, 0.3) is 0 Å². The highest BCUT2D eigenvalue weighted by Gasteiger charge is 2.68. The van der Waals surface area contributed by atoms with Gasteiger partial charge in [-0.05, 0) is 128 Å². The largest absolute Gasteiger partial charge is 0.396 e. The molecule has 5 rings (SSSR count). The van der Waals surface area contributed by atoms with E-state index in [-0.39, 0.29) is 11.5 Å². The van der Waals surface area contributed by atoms with E-state index in [1.807, 2.05) is 0 Å². The Kier molecular flexibility index (Phi) is 4.96. The minimum Gasteiger partial charge on any atom is -0.396 e. The second kappa shape index (κ2) is 6.84. The molecular formula is C29H48O2. The molecule has 9 atom stereocenters. The first kappa shape index (κ1) is 22.5. The quantitative estimate of drug-likeness (QED) is 0.446. The van der Waals surface area contributed by atoms with E-state index in [0.29, 0.717) is 34.2 Å². The predicted octanol–water partition coefficient (Wildman–Crippen LogP) is 6.90. The van der Waals surface area contributed by atoms with Gasteiger partial charge in [-0.15, -0.1) is 0 Å². The number of rotatable bonds is 1. The van der Waals surface area contributed by atoms with Crippen molar-refractivity contribution in [3.63, 3.8) is 0 Å². The summed E-state index contributed by atoms with van der Waals surface area (Å²) >= 11 is 0. The molecular weight excluding hydrogens is 380 g/mol. The van der Waals surface area contributed by atoms with Gasteiger partial charge in [0.1, 0.15) is 0 Å². The Morgan fingerprint density at radius 2 is 1.45 bits per heavy atom. The summed E-state index contributed by atoms with van der Waals surface area (Å²) in [5.41, 5.74) is 4.70. The third-order valence-electron chi connectivity index (χ3n) is 12.9. The van der Waals surface area contributed by atoms with Gasteiger partial charge in [0, 0.05) is 6.61 Å². The average molecular weight is 429 g/mol. The summed E-state index contributed by atoms with van der Waals surface area (Å²) in [6.07, 6.45) is 13.7. The SMILES string of the molecule is CC1=C2CCC3[C@@](C)(CC[C@@]4(C)C5C[C@](C)(CO)CC[C@]5(C)CC[C@]34C)C2CC[C@@H]1O. The van der Waals surface area contributed by atoms with E-state index in [0.717, 1.165) is 18.3 Å². The van der Waals surface area contributed by atoms with Crippen LogP contribution in [0, 0.1) is 44.8 Å². The summed E-state index contributed by atoms with van der Waals surface area (Å²) < 4.78 is 0. The van der Waals surface area contributed by atoms with E-state index in [4.69, 9.17) is 0 Å². The van der Waals surface area contributed by atoms with Crippen molar-refractivity contribution < 1.29 is 10.2 Å². The van der Waals surface area contributed by atoms with Gasteiger partial charge in [0.2, 0.25) is 0 Å². The van der Waals surface area contributed by atoms with E-state index >= 15 is 0 Å². The van der Waals surface area contributed by atoms with Crippen LogP contribution in [0.4, 0.5) is 0 Å². The summed E-state index contributed by atoms with van der Waals surface area (Å²) in [7, 11) is 0. The first-order valence-corrected chi connectivity index (χ1v) is 13.4. The molecule has 176 valence electrons. The summed E-state index contributed by atoms with van der Waals surface area (Å²) in [5.74, 6) is 2.22. The molecule has 2 N–H and O–H groups in total. The molecule has 31 heavy (non-hydrogen) atoms. The Morgan fingerprint density at radius 3 is 2.16 bits per heavy atom. The molecule has 0 aliphatic heterocycles. The zero-order chi connectivity index (χ0) is 22.4. The highest BCUT2D eigenvalue weighted by molar-refractivity contribution is 5.30. The van der Waals surface area contributed by atoms with Crippen molar-refractivity contribution >= 4 is 0 Å². The number of fused-ring (bicyclic) bond motifs is 7.